The van der Waals surface area contributed by atoms with Gasteiger partial charge in [0.2, 0.25) is 0 Å². The van der Waals surface area contributed by atoms with E-state index in [4.69, 9.17) is 5.73 Å². The van der Waals surface area contributed by atoms with E-state index in [0.717, 1.165) is 24.5 Å². The van der Waals surface area contributed by atoms with Gasteiger partial charge in [0.05, 0.1) is 0 Å². The van der Waals surface area contributed by atoms with Gasteiger partial charge in [-0.2, -0.15) is 0 Å². The van der Waals surface area contributed by atoms with E-state index in [-0.39, 0.29) is 6.04 Å². The summed E-state index contributed by atoms with van der Waals surface area (Å²) >= 11 is 0. The Morgan fingerprint density at radius 3 is 2.38 bits per heavy atom. The molecule has 2 rings (SSSR count). The zero-order chi connectivity index (χ0) is 11.5. The minimum atomic E-state index is -0.499. The summed E-state index contributed by atoms with van der Waals surface area (Å²) < 4.78 is 25.8. The van der Waals surface area contributed by atoms with Gasteiger partial charge in [0.1, 0.15) is 11.6 Å². The van der Waals surface area contributed by atoms with Crippen LogP contribution in [0.15, 0.2) is 18.2 Å². The van der Waals surface area contributed by atoms with Crippen molar-refractivity contribution < 1.29 is 8.78 Å². The number of halogens is 2. The van der Waals surface area contributed by atoms with Crippen LogP contribution in [0, 0.1) is 17.6 Å². The van der Waals surface area contributed by atoms with Crippen LogP contribution in [0.3, 0.4) is 0 Å². The minimum absolute atomic E-state index is 0.276. The Bertz CT molecular complexity index is 341. The van der Waals surface area contributed by atoms with Crippen molar-refractivity contribution >= 4 is 0 Å². The largest absolute Gasteiger partial charge is 0.327 e. The predicted molar refractivity (Wildman–Crippen MR) is 60.0 cm³/mol. The molecule has 3 heteroatoms. The van der Waals surface area contributed by atoms with E-state index >= 15 is 0 Å². The maximum atomic E-state index is 12.9. The van der Waals surface area contributed by atoms with E-state index in [1.54, 1.807) is 0 Å². The highest BCUT2D eigenvalue weighted by molar-refractivity contribution is 5.17. The first-order chi connectivity index (χ1) is 7.65. The molecule has 1 aliphatic rings. The zero-order valence-electron chi connectivity index (χ0n) is 9.26. The molecule has 16 heavy (non-hydrogen) atoms. The summed E-state index contributed by atoms with van der Waals surface area (Å²) in [5.41, 5.74) is 6.68. The fraction of sp³-hybridized carbons (Fsp3) is 0.538. The highest BCUT2D eigenvalue weighted by Gasteiger charge is 2.27. The lowest BCUT2D eigenvalue weighted by Crippen LogP contribution is -2.22. The molecule has 1 aromatic carbocycles. The maximum Gasteiger partial charge on any atom is 0.126 e. The monoisotopic (exact) mass is 225 g/mol. The summed E-state index contributed by atoms with van der Waals surface area (Å²) in [7, 11) is 0. The molecule has 1 atom stereocenters. The van der Waals surface area contributed by atoms with Crippen LogP contribution in [0.2, 0.25) is 0 Å². The number of benzene rings is 1. The molecule has 88 valence electrons. The van der Waals surface area contributed by atoms with E-state index in [0.29, 0.717) is 12.3 Å². The maximum absolute atomic E-state index is 12.9. The standard InChI is InChI=1S/C13H17F2N/c14-11-6-9(7-12(15)8-11)2-1-3-13(16)10-4-5-10/h6-8,10,13H,1-5,16H2. The molecule has 1 nitrogen and oxygen atoms in total. The molecule has 0 amide bonds. The fourth-order valence-electron chi connectivity index (χ4n) is 2.06. The van der Waals surface area contributed by atoms with E-state index < -0.39 is 11.6 Å². The molecule has 2 N–H and O–H groups in total. The van der Waals surface area contributed by atoms with Crippen molar-refractivity contribution in [2.75, 3.05) is 0 Å². The lowest BCUT2D eigenvalue weighted by Gasteiger charge is -2.09. The van der Waals surface area contributed by atoms with Gasteiger partial charge in [-0.15, -0.1) is 0 Å². The van der Waals surface area contributed by atoms with Crippen molar-refractivity contribution in [1.82, 2.24) is 0 Å². The Kier molecular flexibility index (Phi) is 3.54. The van der Waals surface area contributed by atoms with Crippen LogP contribution in [0.4, 0.5) is 8.78 Å². The van der Waals surface area contributed by atoms with Gasteiger partial charge in [0.25, 0.3) is 0 Å². The third kappa shape index (κ3) is 3.27. The topological polar surface area (TPSA) is 26.0 Å². The van der Waals surface area contributed by atoms with Crippen LogP contribution in [0.1, 0.15) is 31.2 Å². The van der Waals surface area contributed by atoms with Crippen LogP contribution < -0.4 is 5.73 Å². The summed E-state index contributed by atoms with van der Waals surface area (Å²) in [6, 6.07) is 3.97. The van der Waals surface area contributed by atoms with Crippen LogP contribution in [0.25, 0.3) is 0 Å². The highest BCUT2D eigenvalue weighted by atomic mass is 19.1. The van der Waals surface area contributed by atoms with Gasteiger partial charge in [0.15, 0.2) is 0 Å². The highest BCUT2D eigenvalue weighted by Crippen LogP contribution is 2.33. The summed E-state index contributed by atoms with van der Waals surface area (Å²) in [6.07, 6.45) is 5.05. The molecule has 0 aromatic heterocycles. The average Bonchev–Trinajstić information content (AvgIpc) is 2.98. The number of rotatable bonds is 5. The van der Waals surface area contributed by atoms with E-state index in [9.17, 15) is 8.78 Å². The smallest absolute Gasteiger partial charge is 0.126 e. The third-order valence-corrected chi connectivity index (χ3v) is 3.15. The molecular weight excluding hydrogens is 208 g/mol. The first-order valence-corrected chi connectivity index (χ1v) is 5.85. The van der Waals surface area contributed by atoms with Crippen LogP contribution >= 0.6 is 0 Å². The minimum Gasteiger partial charge on any atom is -0.327 e. The number of hydrogen-bond acceptors (Lipinski definition) is 1. The van der Waals surface area contributed by atoms with Crippen molar-refractivity contribution in [3.05, 3.63) is 35.4 Å². The van der Waals surface area contributed by atoms with Crippen LogP contribution in [-0.4, -0.2) is 6.04 Å². The van der Waals surface area contributed by atoms with Gasteiger partial charge in [-0.3, -0.25) is 0 Å². The second-order valence-electron chi connectivity index (χ2n) is 4.67. The van der Waals surface area contributed by atoms with Crippen molar-refractivity contribution in [2.24, 2.45) is 11.7 Å². The molecule has 1 fully saturated rings. The van der Waals surface area contributed by atoms with E-state index in [1.807, 2.05) is 0 Å². The normalized spacial score (nSPS) is 17.4. The van der Waals surface area contributed by atoms with Crippen molar-refractivity contribution in [1.29, 1.82) is 0 Å². The zero-order valence-corrected chi connectivity index (χ0v) is 9.26. The SMILES string of the molecule is NC(CCCc1cc(F)cc(F)c1)C1CC1. The third-order valence-electron chi connectivity index (χ3n) is 3.15. The molecule has 0 bridgehead atoms. The summed E-state index contributed by atoms with van der Waals surface area (Å²) in [4.78, 5) is 0. The Morgan fingerprint density at radius 1 is 1.19 bits per heavy atom. The van der Waals surface area contributed by atoms with Gasteiger partial charge in [-0.25, -0.2) is 8.78 Å². The van der Waals surface area contributed by atoms with Crippen molar-refractivity contribution in [3.63, 3.8) is 0 Å². The molecule has 0 saturated heterocycles. The summed E-state index contributed by atoms with van der Waals surface area (Å²) in [6.45, 7) is 0. The van der Waals surface area contributed by atoms with E-state index in [1.165, 1.54) is 25.0 Å². The van der Waals surface area contributed by atoms with E-state index in [2.05, 4.69) is 0 Å². The molecule has 0 radical (unpaired) electrons. The first kappa shape index (κ1) is 11.5. The van der Waals surface area contributed by atoms with Crippen LogP contribution in [-0.2, 0) is 6.42 Å². The molecule has 1 saturated carbocycles. The molecular formula is C13H17F2N. The lowest BCUT2D eigenvalue weighted by molar-refractivity contribution is 0.526. The average molecular weight is 225 g/mol. The van der Waals surface area contributed by atoms with Crippen LogP contribution in [0.5, 0.6) is 0 Å². The first-order valence-electron chi connectivity index (χ1n) is 5.85. The molecule has 0 heterocycles. The van der Waals surface area contributed by atoms with Gasteiger partial charge < -0.3 is 5.73 Å². The lowest BCUT2D eigenvalue weighted by atomic mass is 10.0. The molecule has 0 spiro atoms. The second kappa shape index (κ2) is 4.91. The Morgan fingerprint density at radius 2 is 1.81 bits per heavy atom. The Labute approximate surface area is 94.7 Å². The summed E-state index contributed by atoms with van der Waals surface area (Å²) in [5.74, 6) is -0.299. The van der Waals surface area contributed by atoms with Gasteiger partial charge in [-0.1, -0.05) is 0 Å². The Balaban J connectivity index is 1.79. The van der Waals surface area contributed by atoms with Gasteiger partial charge >= 0.3 is 0 Å². The molecule has 1 aromatic rings. The number of hydrogen-bond donors (Lipinski definition) is 1. The Hall–Kier alpha value is -0.960. The van der Waals surface area contributed by atoms with Crippen molar-refractivity contribution in [3.8, 4) is 0 Å². The van der Waals surface area contributed by atoms with Crippen molar-refractivity contribution in [2.45, 2.75) is 38.1 Å². The molecule has 1 aliphatic carbocycles. The molecule has 1 unspecified atom stereocenters. The quantitative estimate of drug-likeness (QED) is 0.819. The predicted octanol–water partition coefficient (Wildman–Crippen LogP) is 3.02. The summed E-state index contributed by atoms with van der Waals surface area (Å²) in [5, 5.41) is 0. The number of aryl methyl sites for hydroxylation is 1. The number of nitrogens with two attached hydrogens (primary N) is 1. The fourth-order valence-corrected chi connectivity index (χ4v) is 2.06. The second-order valence-corrected chi connectivity index (χ2v) is 4.67. The van der Waals surface area contributed by atoms with Gasteiger partial charge in [0, 0.05) is 12.1 Å². The molecule has 0 aliphatic heterocycles. The van der Waals surface area contributed by atoms with Gasteiger partial charge in [-0.05, 0) is 55.7 Å².